The molecule has 0 bridgehead atoms. The van der Waals surface area contributed by atoms with E-state index in [9.17, 15) is 9.59 Å². The minimum atomic E-state index is -0.179. The Labute approximate surface area is 128 Å². The van der Waals surface area contributed by atoms with Crippen molar-refractivity contribution in [2.45, 2.75) is 27.2 Å². The maximum absolute atomic E-state index is 12.0. The molecule has 110 valence electrons. The van der Waals surface area contributed by atoms with Crippen LogP contribution in [0.2, 0.25) is 0 Å². The number of amides is 2. The number of carbonyl (C=O) groups excluding carboxylic acids is 2. The van der Waals surface area contributed by atoms with E-state index in [1.54, 1.807) is 4.90 Å². The summed E-state index contributed by atoms with van der Waals surface area (Å²) < 4.78 is 0.901. The Morgan fingerprint density at radius 1 is 1.35 bits per heavy atom. The Morgan fingerprint density at radius 2 is 2.05 bits per heavy atom. The summed E-state index contributed by atoms with van der Waals surface area (Å²) in [6.45, 7) is 6.39. The van der Waals surface area contributed by atoms with Crippen LogP contribution in [0.1, 0.15) is 27.2 Å². The Morgan fingerprint density at radius 3 is 2.60 bits per heavy atom. The molecule has 0 spiro atoms. The van der Waals surface area contributed by atoms with Crippen LogP contribution in [0.3, 0.4) is 0 Å². The average molecular weight is 341 g/mol. The van der Waals surface area contributed by atoms with E-state index in [1.165, 1.54) is 6.92 Å². The van der Waals surface area contributed by atoms with Gasteiger partial charge in [-0.3, -0.25) is 9.59 Å². The molecule has 0 radical (unpaired) electrons. The molecule has 0 aromatic heterocycles. The van der Waals surface area contributed by atoms with Gasteiger partial charge in [0.25, 0.3) is 0 Å². The molecule has 4 nitrogen and oxygen atoms in total. The van der Waals surface area contributed by atoms with Crippen LogP contribution >= 0.6 is 15.9 Å². The summed E-state index contributed by atoms with van der Waals surface area (Å²) in [5, 5.41) is 2.79. The van der Waals surface area contributed by atoms with Gasteiger partial charge in [-0.25, -0.2) is 0 Å². The van der Waals surface area contributed by atoms with Crippen LogP contribution in [0.4, 0.5) is 5.69 Å². The first-order valence-electron chi connectivity index (χ1n) is 6.69. The molecule has 0 heterocycles. The van der Waals surface area contributed by atoms with Crippen molar-refractivity contribution in [2.75, 3.05) is 18.4 Å². The number of hydrogen-bond acceptors (Lipinski definition) is 2. The first kappa shape index (κ1) is 16.7. The first-order valence-corrected chi connectivity index (χ1v) is 7.48. The van der Waals surface area contributed by atoms with Gasteiger partial charge in [-0.15, -0.1) is 0 Å². The van der Waals surface area contributed by atoms with Crippen LogP contribution in [0.5, 0.6) is 0 Å². The highest BCUT2D eigenvalue weighted by Crippen LogP contribution is 2.15. The molecule has 0 aliphatic rings. The van der Waals surface area contributed by atoms with Crippen LogP contribution in [-0.2, 0) is 9.59 Å². The van der Waals surface area contributed by atoms with Crippen molar-refractivity contribution in [3.63, 3.8) is 0 Å². The molecule has 1 aromatic rings. The molecule has 0 aliphatic carbocycles. The molecule has 1 N–H and O–H groups in total. The topological polar surface area (TPSA) is 49.4 Å². The molecular formula is C15H21BrN2O2. The normalized spacial score (nSPS) is 10.4. The third kappa shape index (κ3) is 6.19. The zero-order chi connectivity index (χ0) is 15.1. The molecule has 20 heavy (non-hydrogen) atoms. The number of anilines is 1. The summed E-state index contributed by atoms with van der Waals surface area (Å²) in [6, 6.07) is 7.38. The first-order chi connectivity index (χ1) is 9.38. The number of nitrogens with one attached hydrogen (secondary N) is 1. The van der Waals surface area contributed by atoms with Crippen molar-refractivity contribution in [1.29, 1.82) is 0 Å². The van der Waals surface area contributed by atoms with E-state index in [4.69, 9.17) is 0 Å². The van der Waals surface area contributed by atoms with Gasteiger partial charge in [0.15, 0.2) is 0 Å². The summed E-state index contributed by atoms with van der Waals surface area (Å²) in [4.78, 5) is 25.1. The SMILES string of the molecule is CC(=O)N(CCC(C)C)CC(=O)Nc1cccc(Br)c1. The molecule has 0 unspecified atom stereocenters. The number of carbonyl (C=O) groups is 2. The molecule has 2 amide bonds. The van der Waals surface area contributed by atoms with Crippen LogP contribution < -0.4 is 5.32 Å². The summed E-state index contributed by atoms with van der Waals surface area (Å²) in [5.74, 6) is 0.252. The fourth-order valence-corrected chi connectivity index (χ4v) is 2.10. The highest BCUT2D eigenvalue weighted by Gasteiger charge is 2.14. The molecule has 0 fully saturated rings. The lowest BCUT2D eigenvalue weighted by Gasteiger charge is -2.21. The van der Waals surface area contributed by atoms with Gasteiger partial charge in [0, 0.05) is 23.6 Å². The summed E-state index contributed by atoms with van der Waals surface area (Å²) in [5.41, 5.74) is 0.719. The monoisotopic (exact) mass is 340 g/mol. The molecule has 1 aromatic carbocycles. The van der Waals surface area contributed by atoms with E-state index in [0.29, 0.717) is 12.5 Å². The third-order valence-corrected chi connectivity index (χ3v) is 3.36. The fourth-order valence-electron chi connectivity index (χ4n) is 1.70. The van der Waals surface area contributed by atoms with E-state index in [0.717, 1.165) is 16.6 Å². The second kappa shape index (κ2) is 8.04. The van der Waals surface area contributed by atoms with Gasteiger partial charge in [-0.1, -0.05) is 35.8 Å². The highest BCUT2D eigenvalue weighted by molar-refractivity contribution is 9.10. The third-order valence-electron chi connectivity index (χ3n) is 2.86. The Hall–Kier alpha value is -1.36. The summed E-state index contributed by atoms with van der Waals surface area (Å²) in [6.07, 6.45) is 0.893. The van der Waals surface area contributed by atoms with E-state index in [1.807, 2.05) is 24.3 Å². The van der Waals surface area contributed by atoms with Crippen molar-refractivity contribution < 1.29 is 9.59 Å². The van der Waals surface area contributed by atoms with Crippen LogP contribution in [0.25, 0.3) is 0 Å². The molecule has 0 saturated carbocycles. The van der Waals surface area contributed by atoms with Crippen molar-refractivity contribution in [2.24, 2.45) is 5.92 Å². The Kier molecular flexibility index (Phi) is 6.71. The molecular weight excluding hydrogens is 320 g/mol. The van der Waals surface area contributed by atoms with E-state index in [-0.39, 0.29) is 18.4 Å². The van der Waals surface area contributed by atoms with Gasteiger partial charge in [-0.2, -0.15) is 0 Å². The van der Waals surface area contributed by atoms with Crippen LogP contribution in [0.15, 0.2) is 28.7 Å². The number of halogens is 1. The molecule has 0 aliphatic heterocycles. The standard InChI is InChI=1S/C15H21BrN2O2/c1-11(2)7-8-18(12(3)19)10-15(20)17-14-6-4-5-13(16)9-14/h4-6,9,11H,7-8,10H2,1-3H3,(H,17,20). The van der Waals surface area contributed by atoms with Gasteiger partial charge >= 0.3 is 0 Å². The quantitative estimate of drug-likeness (QED) is 0.863. The highest BCUT2D eigenvalue weighted by atomic mass is 79.9. The van der Waals surface area contributed by atoms with Gasteiger partial charge in [0.1, 0.15) is 0 Å². The number of benzene rings is 1. The second-order valence-electron chi connectivity index (χ2n) is 5.18. The predicted octanol–water partition coefficient (Wildman–Crippen LogP) is 3.28. The molecule has 0 saturated heterocycles. The van der Waals surface area contributed by atoms with Gasteiger partial charge in [0.2, 0.25) is 11.8 Å². The lowest BCUT2D eigenvalue weighted by atomic mass is 10.1. The van der Waals surface area contributed by atoms with Crippen LogP contribution in [0, 0.1) is 5.92 Å². The van der Waals surface area contributed by atoms with E-state index < -0.39 is 0 Å². The van der Waals surface area contributed by atoms with Crippen molar-refractivity contribution in [3.05, 3.63) is 28.7 Å². The van der Waals surface area contributed by atoms with Crippen molar-refractivity contribution in [1.82, 2.24) is 4.90 Å². The molecule has 0 atom stereocenters. The predicted molar refractivity (Wildman–Crippen MR) is 84.5 cm³/mol. The fraction of sp³-hybridized carbons (Fsp3) is 0.467. The smallest absolute Gasteiger partial charge is 0.243 e. The molecule has 5 heteroatoms. The Balaban J connectivity index is 2.55. The van der Waals surface area contributed by atoms with E-state index >= 15 is 0 Å². The number of nitrogens with zero attached hydrogens (tertiary/aromatic N) is 1. The maximum atomic E-state index is 12.0. The second-order valence-corrected chi connectivity index (χ2v) is 6.10. The van der Waals surface area contributed by atoms with Gasteiger partial charge < -0.3 is 10.2 Å². The Bertz CT molecular complexity index is 475. The van der Waals surface area contributed by atoms with Crippen LogP contribution in [-0.4, -0.2) is 29.8 Å². The zero-order valence-electron chi connectivity index (χ0n) is 12.1. The lowest BCUT2D eigenvalue weighted by molar-refractivity contribution is -0.132. The number of hydrogen-bond donors (Lipinski definition) is 1. The minimum absolute atomic E-state index is 0.0740. The van der Waals surface area contributed by atoms with Gasteiger partial charge in [-0.05, 0) is 30.5 Å². The van der Waals surface area contributed by atoms with Crippen molar-refractivity contribution >= 4 is 33.4 Å². The van der Waals surface area contributed by atoms with Gasteiger partial charge in [0.05, 0.1) is 6.54 Å². The van der Waals surface area contributed by atoms with Crippen molar-refractivity contribution in [3.8, 4) is 0 Å². The summed E-state index contributed by atoms with van der Waals surface area (Å²) in [7, 11) is 0. The van der Waals surface area contributed by atoms with E-state index in [2.05, 4.69) is 35.1 Å². The number of rotatable bonds is 6. The lowest BCUT2D eigenvalue weighted by Crippen LogP contribution is -2.37. The largest absolute Gasteiger partial charge is 0.334 e. The summed E-state index contributed by atoms with van der Waals surface area (Å²) >= 11 is 3.35. The minimum Gasteiger partial charge on any atom is -0.334 e. The maximum Gasteiger partial charge on any atom is 0.243 e. The zero-order valence-corrected chi connectivity index (χ0v) is 13.7. The molecule has 1 rings (SSSR count). The average Bonchev–Trinajstić information content (AvgIpc) is 2.33.